The topological polar surface area (TPSA) is 88.9 Å². The lowest BCUT2D eigenvalue weighted by Gasteiger charge is -2.12. The number of rotatable bonds is 9. The Bertz CT molecular complexity index is 1090. The molecule has 0 spiro atoms. The minimum absolute atomic E-state index is 0.00729. The van der Waals surface area contributed by atoms with Crippen LogP contribution >= 0.6 is 0 Å². The molecule has 3 aromatic rings. The van der Waals surface area contributed by atoms with E-state index in [4.69, 9.17) is 18.9 Å². The fourth-order valence-electron chi connectivity index (χ4n) is 3.22. The highest BCUT2D eigenvalue weighted by atomic mass is 16.5. The van der Waals surface area contributed by atoms with Crippen LogP contribution in [0.3, 0.4) is 0 Å². The SMILES string of the molecule is CCCCOc1cc(-c2nn(-c3ccccc3)c(C(=O)OC)c2C(=O)OC)ccc1OC. The molecule has 3 rings (SSSR count). The van der Waals surface area contributed by atoms with Gasteiger partial charge in [-0.25, -0.2) is 14.3 Å². The Labute approximate surface area is 186 Å². The summed E-state index contributed by atoms with van der Waals surface area (Å²) in [6, 6.07) is 14.2. The summed E-state index contributed by atoms with van der Waals surface area (Å²) >= 11 is 0. The predicted octanol–water partition coefficient (Wildman–Crippen LogP) is 4.30. The van der Waals surface area contributed by atoms with Gasteiger partial charge in [0, 0.05) is 5.56 Å². The maximum absolute atomic E-state index is 12.8. The van der Waals surface area contributed by atoms with Gasteiger partial charge in [-0.05, 0) is 36.8 Å². The molecular formula is C24H26N2O6. The predicted molar refractivity (Wildman–Crippen MR) is 119 cm³/mol. The van der Waals surface area contributed by atoms with Gasteiger partial charge in [-0.3, -0.25) is 0 Å². The molecule has 0 amide bonds. The van der Waals surface area contributed by atoms with Crippen molar-refractivity contribution in [3.05, 3.63) is 59.8 Å². The molecule has 1 aromatic heterocycles. The fourth-order valence-corrected chi connectivity index (χ4v) is 3.22. The summed E-state index contributed by atoms with van der Waals surface area (Å²) in [6.07, 6.45) is 1.87. The van der Waals surface area contributed by atoms with Gasteiger partial charge >= 0.3 is 11.9 Å². The van der Waals surface area contributed by atoms with Crippen molar-refractivity contribution in [1.29, 1.82) is 0 Å². The first-order valence-electron chi connectivity index (χ1n) is 10.2. The van der Waals surface area contributed by atoms with E-state index in [-0.39, 0.29) is 17.0 Å². The number of hydrogen-bond donors (Lipinski definition) is 0. The van der Waals surface area contributed by atoms with Crippen LogP contribution in [0, 0.1) is 0 Å². The van der Waals surface area contributed by atoms with Gasteiger partial charge in [-0.15, -0.1) is 0 Å². The van der Waals surface area contributed by atoms with Gasteiger partial charge in [0.05, 0.1) is 33.6 Å². The van der Waals surface area contributed by atoms with Gasteiger partial charge in [0.2, 0.25) is 0 Å². The molecule has 0 saturated heterocycles. The largest absolute Gasteiger partial charge is 0.493 e. The lowest BCUT2D eigenvalue weighted by molar-refractivity contribution is 0.0549. The van der Waals surface area contributed by atoms with Gasteiger partial charge in [-0.1, -0.05) is 31.5 Å². The third kappa shape index (κ3) is 4.59. The lowest BCUT2D eigenvalue weighted by Crippen LogP contribution is -2.15. The summed E-state index contributed by atoms with van der Waals surface area (Å²) in [5.74, 6) is -0.337. The molecule has 0 radical (unpaired) electrons. The second-order valence-corrected chi connectivity index (χ2v) is 6.87. The zero-order valence-corrected chi connectivity index (χ0v) is 18.6. The fraction of sp³-hybridized carbons (Fsp3) is 0.292. The highest BCUT2D eigenvalue weighted by Gasteiger charge is 2.31. The Balaban J connectivity index is 2.24. The molecule has 0 fully saturated rings. The van der Waals surface area contributed by atoms with Gasteiger partial charge < -0.3 is 18.9 Å². The van der Waals surface area contributed by atoms with E-state index in [1.807, 2.05) is 18.2 Å². The molecule has 32 heavy (non-hydrogen) atoms. The van der Waals surface area contributed by atoms with Crippen molar-refractivity contribution in [2.24, 2.45) is 0 Å². The molecular weight excluding hydrogens is 412 g/mol. The van der Waals surface area contributed by atoms with Crippen LogP contribution < -0.4 is 9.47 Å². The van der Waals surface area contributed by atoms with E-state index >= 15 is 0 Å². The van der Waals surface area contributed by atoms with E-state index < -0.39 is 11.9 Å². The van der Waals surface area contributed by atoms with Crippen molar-refractivity contribution in [2.75, 3.05) is 27.9 Å². The number of para-hydroxylation sites is 1. The molecule has 0 aliphatic heterocycles. The van der Waals surface area contributed by atoms with Crippen LogP contribution in [-0.4, -0.2) is 49.7 Å². The highest BCUT2D eigenvalue weighted by Crippen LogP contribution is 2.35. The smallest absolute Gasteiger partial charge is 0.357 e. The Morgan fingerprint density at radius 3 is 2.28 bits per heavy atom. The third-order valence-electron chi connectivity index (χ3n) is 4.85. The molecule has 0 aliphatic rings. The highest BCUT2D eigenvalue weighted by molar-refractivity contribution is 6.06. The summed E-state index contributed by atoms with van der Waals surface area (Å²) < 4.78 is 22.6. The number of hydrogen-bond acceptors (Lipinski definition) is 7. The van der Waals surface area contributed by atoms with Crippen molar-refractivity contribution in [1.82, 2.24) is 9.78 Å². The normalized spacial score (nSPS) is 10.5. The average molecular weight is 438 g/mol. The third-order valence-corrected chi connectivity index (χ3v) is 4.85. The summed E-state index contributed by atoms with van der Waals surface area (Å²) in [5, 5.41) is 4.60. The van der Waals surface area contributed by atoms with E-state index in [2.05, 4.69) is 12.0 Å². The first-order valence-corrected chi connectivity index (χ1v) is 10.2. The number of ether oxygens (including phenoxy) is 4. The monoisotopic (exact) mass is 438 g/mol. The molecule has 0 bridgehead atoms. The Kier molecular flexibility index (Phi) is 7.49. The molecule has 8 heteroatoms. The Morgan fingerprint density at radius 2 is 1.66 bits per heavy atom. The van der Waals surface area contributed by atoms with E-state index in [1.54, 1.807) is 37.4 Å². The Morgan fingerprint density at radius 1 is 0.938 bits per heavy atom. The van der Waals surface area contributed by atoms with Gasteiger partial charge in [0.25, 0.3) is 0 Å². The number of methoxy groups -OCH3 is 3. The van der Waals surface area contributed by atoms with Crippen molar-refractivity contribution in [3.8, 4) is 28.4 Å². The number of benzene rings is 2. The minimum atomic E-state index is -0.707. The quantitative estimate of drug-likeness (QED) is 0.363. The summed E-state index contributed by atoms with van der Waals surface area (Å²) in [7, 11) is 4.06. The number of esters is 2. The van der Waals surface area contributed by atoms with E-state index in [9.17, 15) is 9.59 Å². The maximum atomic E-state index is 12.8. The minimum Gasteiger partial charge on any atom is -0.493 e. The van der Waals surface area contributed by atoms with Crippen molar-refractivity contribution < 1.29 is 28.5 Å². The van der Waals surface area contributed by atoms with Crippen LogP contribution in [0.15, 0.2) is 48.5 Å². The van der Waals surface area contributed by atoms with Crippen LogP contribution in [0.5, 0.6) is 11.5 Å². The second-order valence-electron chi connectivity index (χ2n) is 6.87. The number of aromatic nitrogens is 2. The van der Waals surface area contributed by atoms with Gasteiger partial charge in [-0.2, -0.15) is 5.10 Å². The zero-order chi connectivity index (χ0) is 23.1. The van der Waals surface area contributed by atoms with Crippen LogP contribution in [-0.2, 0) is 9.47 Å². The van der Waals surface area contributed by atoms with Crippen molar-refractivity contribution in [2.45, 2.75) is 19.8 Å². The standard InChI is InChI=1S/C24H26N2O6/c1-5-6-14-32-19-15-16(12-13-18(19)29-2)21-20(23(27)30-3)22(24(28)31-4)26(25-21)17-10-8-7-9-11-17/h7-13,15H,5-6,14H2,1-4H3. The van der Waals surface area contributed by atoms with Crippen LogP contribution in [0.25, 0.3) is 16.9 Å². The average Bonchev–Trinajstić information content (AvgIpc) is 3.24. The Hall–Kier alpha value is -3.81. The molecule has 0 unspecified atom stereocenters. The molecule has 8 nitrogen and oxygen atoms in total. The molecule has 0 atom stereocenters. The number of carbonyl (C=O) groups is 2. The van der Waals surface area contributed by atoms with Crippen molar-refractivity contribution >= 4 is 11.9 Å². The summed E-state index contributed by atoms with van der Waals surface area (Å²) in [5.41, 5.74) is 1.41. The molecule has 0 N–H and O–H groups in total. The van der Waals surface area contributed by atoms with Gasteiger partial charge in [0.1, 0.15) is 11.3 Å². The van der Waals surface area contributed by atoms with Crippen LogP contribution in [0.4, 0.5) is 0 Å². The van der Waals surface area contributed by atoms with E-state index in [1.165, 1.54) is 18.9 Å². The summed E-state index contributed by atoms with van der Waals surface area (Å²) in [4.78, 5) is 25.5. The van der Waals surface area contributed by atoms with E-state index in [0.29, 0.717) is 29.4 Å². The van der Waals surface area contributed by atoms with Crippen molar-refractivity contribution in [3.63, 3.8) is 0 Å². The first-order chi connectivity index (χ1) is 15.5. The lowest BCUT2D eigenvalue weighted by atomic mass is 10.0. The second kappa shape index (κ2) is 10.5. The maximum Gasteiger partial charge on any atom is 0.357 e. The molecule has 0 saturated carbocycles. The first kappa shape index (κ1) is 22.9. The van der Waals surface area contributed by atoms with E-state index in [0.717, 1.165) is 12.8 Å². The number of carbonyl (C=O) groups excluding carboxylic acids is 2. The summed E-state index contributed by atoms with van der Waals surface area (Å²) in [6.45, 7) is 2.59. The van der Waals surface area contributed by atoms with Gasteiger partial charge in [0.15, 0.2) is 17.2 Å². The molecule has 0 aliphatic carbocycles. The number of unbranched alkanes of at least 4 members (excludes halogenated alkanes) is 1. The van der Waals surface area contributed by atoms with Crippen LogP contribution in [0.2, 0.25) is 0 Å². The number of nitrogens with zero attached hydrogens (tertiary/aromatic N) is 2. The zero-order valence-electron chi connectivity index (χ0n) is 18.6. The van der Waals surface area contributed by atoms with Crippen LogP contribution in [0.1, 0.15) is 40.6 Å². The molecule has 168 valence electrons. The molecule has 2 aromatic carbocycles. The molecule has 1 heterocycles.